The van der Waals surface area contributed by atoms with E-state index in [1.807, 2.05) is 0 Å². The quantitative estimate of drug-likeness (QED) is 0.406. The summed E-state index contributed by atoms with van der Waals surface area (Å²) >= 11 is 0. The zero-order chi connectivity index (χ0) is 13.6. The van der Waals surface area contributed by atoms with Crippen LogP contribution in [0.15, 0.2) is 0 Å². The standard InChI is InChI=1S/C2H3F5N2O5S2/c3-1(4,5)15(11,12)9(10)16(13,14)2(6,7)8/h10H,8H2. The minimum Gasteiger partial charge on any atom is -0.285 e. The van der Waals surface area contributed by atoms with Gasteiger partial charge in [-0.3, -0.25) is 10.9 Å². The topological polar surface area (TPSA) is 118 Å². The van der Waals surface area contributed by atoms with Gasteiger partial charge in [0.1, 0.15) is 0 Å². The summed E-state index contributed by atoms with van der Waals surface area (Å²) in [7, 11) is -13.5. The van der Waals surface area contributed by atoms with Gasteiger partial charge < -0.3 is 0 Å². The van der Waals surface area contributed by atoms with Crippen molar-refractivity contribution in [1.82, 2.24) is 3.87 Å². The molecular weight excluding hydrogens is 291 g/mol. The largest absolute Gasteiger partial charge is 0.514 e. The molecule has 0 bridgehead atoms. The molecule has 0 spiro atoms. The Morgan fingerprint density at radius 1 is 0.938 bits per heavy atom. The third-order valence-corrected chi connectivity index (χ3v) is 4.32. The van der Waals surface area contributed by atoms with Crippen LogP contribution in [0, 0.1) is 0 Å². The molecule has 0 atom stereocenters. The van der Waals surface area contributed by atoms with Crippen LogP contribution >= 0.6 is 0 Å². The number of halogens is 5. The van der Waals surface area contributed by atoms with Crippen molar-refractivity contribution in [2.75, 3.05) is 0 Å². The number of sulfonamides is 2. The molecule has 3 N–H and O–H groups in total. The van der Waals surface area contributed by atoms with E-state index in [0.717, 1.165) is 0 Å². The molecule has 0 aromatic heterocycles. The minimum absolute atomic E-state index is 2.51. The Balaban J connectivity index is 5.70. The van der Waals surface area contributed by atoms with Gasteiger partial charge in [-0.15, -0.1) is 0 Å². The third-order valence-electron chi connectivity index (χ3n) is 1.05. The summed E-state index contributed by atoms with van der Waals surface area (Å²) in [5.74, 6) is 0. The smallest absolute Gasteiger partial charge is 0.285 e. The lowest BCUT2D eigenvalue weighted by molar-refractivity contribution is -0.0595. The summed E-state index contributed by atoms with van der Waals surface area (Å²) in [6, 6.07) is 0. The van der Waals surface area contributed by atoms with Crippen LogP contribution in [0.5, 0.6) is 0 Å². The fourth-order valence-electron chi connectivity index (χ4n) is 0.322. The van der Waals surface area contributed by atoms with Gasteiger partial charge in [0.2, 0.25) is 0 Å². The number of rotatable bonds is 3. The highest BCUT2D eigenvalue weighted by Crippen LogP contribution is 2.30. The van der Waals surface area contributed by atoms with Crippen LogP contribution in [0.4, 0.5) is 22.0 Å². The van der Waals surface area contributed by atoms with E-state index in [4.69, 9.17) is 5.21 Å². The number of nitrogens with zero attached hydrogens (tertiary/aromatic N) is 1. The highest BCUT2D eigenvalue weighted by Gasteiger charge is 2.59. The van der Waals surface area contributed by atoms with Gasteiger partial charge in [0, 0.05) is 3.87 Å². The van der Waals surface area contributed by atoms with E-state index in [-0.39, 0.29) is 0 Å². The number of hydrogen-bond acceptors (Lipinski definition) is 6. The van der Waals surface area contributed by atoms with Crippen LogP contribution < -0.4 is 5.73 Å². The number of alkyl halides is 5. The van der Waals surface area contributed by atoms with E-state index >= 15 is 0 Å². The molecule has 14 heteroatoms. The van der Waals surface area contributed by atoms with Crippen LogP contribution in [0.25, 0.3) is 0 Å². The molecule has 0 radical (unpaired) electrons. The lowest BCUT2D eigenvalue weighted by Crippen LogP contribution is -2.52. The molecule has 7 nitrogen and oxygen atoms in total. The molecular formula is C2H3F5N2O5S2. The second kappa shape index (κ2) is 3.73. The highest BCUT2D eigenvalue weighted by molar-refractivity contribution is 8.04. The lowest BCUT2D eigenvalue weighted by Gasteiger charge is -2.19. The molecule has 0 amide bonds. The van der Waals surface area contributed by atoms with Crippen molar-refractivity contribution in [3.63, 3.8) is 0 Å². The zero-order valence-electron chi connectivity index (χ0n) is 6.81. The Morgan fingerprint density at radius 3 is 1.44 bits per heavy atom. The first-order valence-electron chi connectivity index (χ1n) is 2.87. The first-order chi connectivity index (χ1) is 6.65. The molecule has 0 rings (SSSR count). The first kappa shape index (κ1) is 15.4. The molecule has 0 saturated heterocycles. The normalized spacial score (nSPS) is 15.5. The van der Waals surface area contributed by atoms with Gasteiger partial charge in [0.25, 0.3) is 0 Å². The van der Waals surface area contributed by atoms with Gasteiger partial charge in [-0.2, -0.15) is 30.4 Å². The van der Waals surface area contributed by atoms with E-state index in [9.17, 15) is 38.8 Å². The Labute approximate surface area is 85.3 Å². The maximum atomic E-state index is 12.0. The molecule has 0 aliphatic heterocycles. The van der Waals surface area contributed by atoms with Crippen molar-refractivity contribution in [3.8, 4) is 0 Å². The third kappa shape index (κ3) is 2.40. The van der Waals surface area contributed by atoms with Gasteiger partial charge in [0.05, 0.1) is 0 Å². The fourth-order valence-corrected chi connectivity index (χ4v) is 2.29. The van der Waals surface area contributed by atoms with Crippen molar-refractivity contribution >= 4 is 20.0 Å². The van der Waals surface area contributed by atoms with Gasteiger partial charge in [-0.25, -0.2) is 8.42 Å². The molecule has 0 aromatic carbocycles. The molecule has 0 aliphatic rings. The molecule has 0 unspecified atom stereocenters. The summed E-state index contributed by atoms with van der Waals surface area (Å²) in [6.07, 6.45) is 0. The lowest BCUT2D eigenvalue weighted by atomic mass is 11.3. The molecule has 0 saturated carbocycles. The molecule has 16 heavy (non-hydrogen) atoms. The monoisotopic (exact) mass is 294 g/mol. The van der Waals surface area contributed by atoms with Gasteiger partial charge in [-0.05, 0) is 0 Å². The van der Waals surface area contributed by atoms with E-state index < -0.39 is 34.8 Å². The molecule has 0 heterocycles. The fraction of sp³-hybridized carbons (Fsp3) is 1.00. The Morgan fingerprint density at radius 2 is 1.25 bits per heavy atom. The average Bonchev–Trinajstić information content (AvgIpc) is 1.98. The van der Waals surface area contributed by atoms with Gasteiger partial charge in [-0.1, -0.05) is 0 Å². The molecule has 0 aliphatic carbocycles. The van der Waals surface area contributed by atoms with Crippen molar-refractivity contribution in [2.45, 2.75) is 10.9 Å². The van der Waals surface area contributed by atoms with Gasteiger partial charge >= 0.3 is 30.9 Å². The maximum Gasteiger partial charge on any atom is 0.514 e. The van der Waals surface area contributed by atoms with Crippen LogP contribution in [0.2, 0.25) is 0 Å². The van der Waals surface area contributed by atoms with Crippen LogP contribution in [0.3, 0.4) is 0 Å². The summed E-state index contributed by atoms with van der Waals surface area (Å²) < 4.78 is 97.7. The van der Waals surface area contributed by atoms with E-state index in [1.54, 1.807) is 0 Å². The molecule has 0 fully saturated rings. The predicted molar refractivity (Wildman–Crippen MR) is 36.7 cm³/mol. The summed E-state index contributed by atoms with van der Waals surface area (Å²) in [6.45, 7) is 0. The second-order valence-corrected chi connectivity index (χ2v) is 6.03. The predicted octanol–water partition coefficient (Wildman–Crippen LogP) is -0.634. The van der Waals surface area contributed by atoms with E-state index in [1.165, 1.54) is 0 Å². The van der Waals surface area contributed by atoms with E-state index in [0.29, 0.717) is 0 Å². The molecule has 0 aromatic rings. The second-order valence-electron chi connectivity index (χ2n) is 2.20. The average molecular weight is 294 g/mol. The Bertz CT molecular complexity index is 414. The van der Waals surface area contributed by atoms with Crippen molar-refractivity contribution in [1.29, 1.82) is 0 Å². The maximum absolute atomic E-state index is 12.0. The first-order valence-corrected chi connectivity index (χ1v) is 5.75. The van der Waals surface area contributed by atoms with Crippen LogP contribution in [-0.4, -0.2) is 36.8 Å². The zero-order valence-corrected chi connectivity index (χ0v) is 8.44. The Hall–Kier alpha value is -0.570. The van der Waals surface area contributed by atoms with Crippen molar-refractivity contribution in [3.05, 3.63) is 0 Å². The number of nitrogens with two attached hydrogens (primary N) is 1. The van der Waals surface area contributed by atoms with Crippen molar-refractivity contribution in [2.24, 2.45) is 5.73 Å². The van der Waals surface area contributed by atoms with Crippen molar-refractivity contribution < 1.29 is 44.0 Å². The number of hydrogen-bond donors (Lipinski definition) is 2. The van der Waals surface area contributed by atoms with E-state index in [2.05, 4.69) is 5.73 Å². The summed E-state index contributed by atoms with van der Waals surface area (Å²) in [4.78, 5) is 0. The van der Waals surface area contributed by atoms with Crippen LogP contribution in [-0.2, 0) is 20.0 Å². The molecule has 98 valence electrons. The minimum atomic E-state index is -6.88. The summed E-state index contributed by atoms with van der Waals surface area (Å²) in [5, 5.41) is 2.76. The summed E-state index contributed by atoms with van der Waals surface area (Å²) in [5.41, 5.74) is -2.68. The van der Waals surface area contributed by atoms with Gasteiger partial charge in [0.15, 0.2) is 0 Å². The SMILES string of the molecule is NC(F)(F)S(=O)(=O)N(O)S(=O)(=O)C(F)(F)F. The van der Waals surface area contributed by atoms with Crippen LogP contribution in [0.1, 0.15) is 0 Å². The Kier molecular flexibility index (Phi) is 3.59. The highest BCUT2D eigenvalue weighted by atomic mass is 32.3.